The number of carbonyl (C=O) groups is 2. The second kappa shape index (κ2) is 11.7. The van der Waals surface area contributed by atoms with E-state index in [-0.39, 0.29) is 23.7 Å². The summed E-state index contributed by atoms with van der Waals surface area (Å²) < 4.78 is 11.8. The Hall–Kier alpha value is -4.05. The van der Waals surface area contributed by atoms with Crippen molar-refractivity contribution >= 4 is 23.3 Å². The normalized spacial score (nSPS) is 16.7. The van der Waals surface area contributed by atoms with Crippen molar-refractivity contribution in [3.63, 3.8) is 0 Å². The number of hydrogen-bond donors (Lipinski definition) is 1. The van der Waals surface area contributed by atoms with E-state index in [0.717, 1.165) is 34.7 Å². The van der Waals surface area contributed by atoms with Gasteiger partial charge in [0.25, 0.3) is 5.91 Å². The van der Waals surface area contributed by atoms with Gasteiger partial charge >= 0.3 is 6.09 Å². The smallest absolute Gasteiger partial charge is 0.408 e. The summed E-state index contributed by atoms with van der Waals surface area (Å²) in [5.41, 5.74) is 2.33. The molecule has 1 aliphatic heterocycles. The molecule has 0 unspecified atom stereocenters. The monoisotopic (exact) mass is 587 g/mol. The number of benzene rings is 2. The molecule has 220 valence electrons. The van der Waals surface area contributed by atoms with Gasteiger partial charge in [-0.3, -0.25) is 4.79 Å². The summed E-state index contributed by atoms with van der Waals surface area (Å²) >= 11 is 1.60. The molecule has 2 atom stereocenters. The maximum Gasteiger partial charge on any atom is 0.408 e. The Bertz CT molecular complexity index is 1570. The van der Waals surface area contributed by atoms with Crippen LogP contribution in [0, 0.1) is 13.8 Å². The molecule has 42 heavy (non-hydrogen) atoms. The molecule has 10 heteroatoms. The average molecular weight is 588 g/mol. The topological polar surface area (TPSA) is 110 Å². The third-order valence-corrected chi connectivity index (χ3v) is 8.14. The van der Waals surface area contributed by atoms with Crippen molar-refractivity contribution < 1.29 is 18.7 Å². The molecular weight excluding hydrogens is 550 g/mol. The highest BCUT2D eigenvalue weighted by Gasteiger charge is 2.37. The Balaban J connectivity index is 1.44. The van der Waals surface area contributed by atoms with Crippen molar-refractivity contribution in [3.05, 3.63) is 87.2 Å². The molecule has 9 nitrogen and oxygen atoms in total. The van der Waals surface area contributed by atoms with Crippen molar-refractivity contribution in [3.8, 4) is 11.5 Å². The molecule has 1 N–H and O–H groups in total. The van der Waals surface area contributed by atoms with Crippen LogP contribution in [0.1, 0.15) is 84.7 Å². The Morgan fingerprint density at radius 3 is 2.55 bits per heavy atom. The minimum absolute atomic E-state index is 0.0206. The molecule has 0 aliphatic carbocycles. The van der Waals surface area contributed by atoms with Gasteiger partial charge in [0.2, 0.25) is 11.8 Å². The summed E-state index contributed by atoms with van der Waals surface area (Å²) in [5.74, 6) is 0.456. The van der Waals surface area contributed by atoms with Crippen LogP contribution in [0.25, 0.3) is 11.5 Å². The Morgan fingerprint density at radius 1 is 1.10 bits per heavy atom. The molecule has 5 rings (SSSR count). The number of thiazole rings is 1. The summed E-state index contributed by atoms with van der Waals surface area (Å²) in [5, 5.41) is 14.7. The highest BCUT2D eigenvalue weighted by Crippen LogP contribution is 2.36. The third kappa shape index (κ3) is 6.70. The van der Waals surface area contributed by atoms with Crippen LogP contribution in [-0.2, 0) is 16.7 Å². The van der Waals surface area contributed by atoms with Crippen LogP contribution in [0.15, 0.2) is 58.3 Å². The maximum absolute atomic E-state index is 13.8. The largest absolute Gasteiger partial charge is 0.444 e. The van der Waals surface area contributed by atoms with Gasteiger partial charge in [0, 0.05) is 35.2 Å². The molecular formula is C32H37N5O4S. The van der Waals surface area contributed by atoms with Crippen LogP contribution in [-0.4, -0.2) is 44.2 Å². The number of ether oxygens (including phenoxy) is 1. The summed E-state index contributed by atoms with van der Waals surface area (Å²) in [6, 6.07) is 15.3. The Morgan fingerprint density at radius 2 is 1.86 bits per heavy atom. The number of nitrogens with one attached hydrogen (secondary N) is 1. The van der Waals surface area contributed by atoms with Crippen molar-refractivity contribution in [2.45, 2.75) is 78.0 Å². The van der Waals surface area contributed by atoms with E-state index in [2.05, 4.69) is 20.5 Å². The van der Waals surface area contributed by atoms with E-state index in [9.17, 15) is 9.59 Å². The first-order valence-corrected chi connectivity index (χ1v) is 15.0. The van der Waals surface area contributed by atoms with Crippen LogP contribution >= 0.6 is 11.3 Å². The first kappa shape index (κ1) is 29.4. The average Bonchev–Trinajstić information content (AvgIpc) is 3.68. The number of alkyl carbamates (subject to hydrolysis) is 1. The predicted octanol–water partition coefficient (Wildman–Crippen LogP) is 6.77. The highest BCUT2D eigenvalue weighted by atomic mass is 32.1. The zero-order valence-corrected chi connectivity index (χ0v) is 25.7. The van der Waals surface area contributed by atoms with E-state index in [4.69, 9.17) is 9.15 Å². The van der Waals surface area contributed by atoms with Crippen LogP contribution < -0.4 is 5.32 Å². The first-order valence-electron chi connectivity index (χ1n) is 14.1. The summed E-state index contributed by atoms with van der Waals surface area (Å²) in [7, 11) is 0. The van der Waals surface area contributed by atoms with Gasteiger partial charge in [-0.2, -0.15) is 0 Å². The molecule has 0 saturated carbocycles. The molecule has 1 saturated heterocycles. The lowest BCUT2D eigenvalue weighted by molar-refractivity contribution is 0.0443. The number of nitrogens with zero attached hydrogens (tertiary/aromatic N) is 4. The molecule has 0 radical (unpaired) electrons. The van der Waals surface area contributed by atoms with Crippen molar-refractivity contribution in [1.82, 2.24) is 25.4 Å². The van der Waals surface area contributed by atoms with E-state index in [1.54, 1.807) is 17.4 Å². The fourth-order valence-corrected chi connectivity index (χ4v) is 6.20. The van der Waals surface area contributed by atoms with Gasteiger partial charge in [-0.25, -0.2) is 9.78 Å². The van der Waals surface area contributed by atoms with E-state index in [1.807, 2.05) is 94.3 Å². The molecule has 3 heterocycles. The fraction of sp³-hybridized carbons (Fsp3) is 0.406. The number of aromatic nitrogens is 3. The van der Waals surface area contributed by atoms with Gasteiger partial charge in [0.05, 0.1) is 6.04 Å². The second-order valence-electron chi connectivity index (χ2n) is 12.1. The molecule has 2 amide bonds. The molecule has 0 spiro atoms. The number of likely N-dealkylation sites (tertiary alicyclic amines) is 1. The molecule has 2 aromatic heterocycles. The fourth-order valence-electron chi connectivity index (χ4n) is 5.26. The first-order chi connectivity index (χ1) is 19.9. The van der Waals surface area contributed by atoms with Gasteiger partial charge in [-0.15, -0.1) is 21.5 Å². The van der Waals surface area contributed by atoms with Crippen LogP contribution in [0.2, 0.25) is 0 Å². The number of rotatable bonds is 7. The summed E-state index contributed by atoms with van der Waals surface area (Å²) in [4.78, 5) is 33.2. The zero-order chi connectivity index (χ0) is 30.1. The number of aryl methyl sites for hydroxylation is 2. The molecule has 2 aromatic carbocycles. The molecule has 0 bridgehead atoms. The van der Waals surface area contributed by atoms with Gasteiger partial charge < -0.3 is 19.4 Å². The predicted molar refractivity (Wildman–Crippen MR) is 161 cm³/mol. The Kier molecular flexibility index (Phi) is 8.19. The number of hydrogen-bond acceptors (Lipinski definition) is 8. The van der Waals surface area contributed by atoms with E-state index >= 15 is 0 Å². The van der Waals surface area contributed by atoms with Gasteiger partial charge in [0.15, 0.2) is 0 Å². The van der Waals surface area contributed by atoms with Crippen LogP contribution in [0.5, 0.6) is 0 Å². The Labute approximate surface area is 250 Å². The van der Waals surface area contributed by atoms with Crippen molar-refractivity contribution in [1.29, 1.82) is 0 Å². The lowest BCUT2D eigenvalue weighted by Crippen LogP contribution is -2.47. The van der Waals surface area contributed by atoms with Gasteiger partial charge in [-0.1, -0.05) is 30.3 Å². The molecule has 1 aliphatic rings. The van der Waals surface area contributed by atoms with Gasteiger partial charge in [-0.05, 0) is 83.7 Å². The lowest BCUT2D eigenvalue weighted by Gasteiger charge is -2.29. The minimum Gasteiger partial charge on any atom is -0.444 e. The van der Waals surface area contributed by atoms with Crippen molar-refractivity contribution in [2.75, 3.05) is 6.54 Å². The minimum atomic E-state index is -1.05. The van der Waals surface area contributed by atoms with E-state index < -0.39 is 17.2 Å². The molecule has 1 fully saturated rings. The zero-order valence-electron chi connectivity index (χ0n) is 24.9. The number of carbonyl (C=O) groups excluding carboxylic acids is 2. The quantitative estimate of drug-likeness (QED) is 0.254. The highest BCUT2D eigenvalue weighted by molar-refractivity contribution is 7.09. The SMILES string of the molecule is Cc1cc(C(=O)N2CCC[C@@H]2c2nc(C)cs2)cc(-c2nnc([C@@](C)(Cc3ccccc3)NC(=O)OC(C)(C)C)o2)c1. The van der Waals surface area contributed by atoms with Gasteiger partial charge in [0.1, 0.15) is 16.1 Å². The van der Waals surface area contributed by atoms with E-state index in [1.165, 1.54) is 0 Å². The lowest BCUT2D eigenvalue weighted by atomic mass is 9.92. The van der Waals surface area contributed by atoms with Crippen molar-refractivity contribution in [2.24, 2.45) is 0 Å². The summed E-state index contributed by atoms with van der Waals surface area (Å²) in [6.07, 6.45) is 1.65. The molecule has 4 aromatic rings. The maximum atomic E-state index is 13.8. The van der Waals surface area contributed by atoms with Crippen LogP contribution in [0.4, 0.5) is 4.79 Å². The summed E-state index contributed by atoms with van der Waals surface area (Å²) in [6.45, 7) is 11.9. The standard InChI is InChI=1S/C32H37N5O4S/c1-20-15-23(17-24(16-20)28(38)37-14-10-13-25(37)27-33-21(2)19-42-27)26-35-36-29(40-26)32(6,18-22-11-8-7-9-12-22)34-30(39)41-31(3,4)5/h7-9,11-12,15-17,19,25H,10,13-14,18H2,1-6H3,(H,34,39)/t25-,32-/m1/s1. The second-order valence-corrected chi connectivity index (χ2v) is 13.0. The van der Waals surface area contributed by atoms with E-state index in [0.29, 0.717) is 24.1 Å². The third-order valence-electron chi connectivity index (χ3n) is 7.08. The van der Waals surface area contributed by atoms with Crippen LogP contribution in [0.3, 0.4) is 0 Å². The number of amides is 2.